The lowest BCUT2D eigenvalue weighted by molar-refractivity contribution is -0.123. The predicted octanol–water partition coefficient (Wildman–Crippen LogP) is 4.55. The number of thiophene rings is 1. The summed E-state index contributed by atoms with van der Waals surface area (Å²) in [6.07, 6.45) is 5.88. The quantitative estimate of drug-likeness (QED) is 0.703. The molecule has 1 aliphatic carbocycles. The molecule has 0 unspecified atom stereocenters. The summed E-state index contributed by atoms with van der Waals surface area (Å²) >= 11 is 1.49. The second-order valence-electron chi connectivity index (χ2n) is 7.27. The molecule has 0 saturated carbocycles. The molecule has 0 saturated heterocycles. The average Bonchev–Trinajstić information content (AvgIpc) is 3.05. The van der Waals surface area contributed by atoms with Gasteiger partial charge >= 0.3 is 5.97 Å². The van der Waals surface area contributed by atoms with Crippen molar-refractivity contribution < 1.29 is 19.1 Å². The molecule has 154 valence electrons. The number of esters is 1. The van der Waals surface area contributed by atoms with Gasteiger partial charge < -0.3 is 15.4 Å². The number of carbonyl (C=O) groups excluding carboxylic acids is 3. The molecule has 3 rings (SSSR count). The second kappa shape index (κ2) is 9.69. The van der Waals surface area contributed by atoms with Crippen LogP contribution in [0.25, 0.3) is 0 Å². The van der Waals surface area contributed by atoms with Crippen molar-refractivity contribution in [3.63, 3.8) is 0 Å². The van der Waals surface area contributed by atoms with Crippen LogP contribution in [0, 0.1) is 0 Å². The molecule has 1 heterocycles. The van der Waals surface area contributed by atoms with Crippen LogP contribution in [-0.4, -0.2) is 23.9 Å². The fourth-order valence-electron chi connectivity index (χ4n) is 3.30. The van der Waals surface area contributed by atoms with Crippen LogP contribution >= 0.6 is 11.3 Å². The molecule has 7 heteroatoms. The van der Waals surface area contributed by atoms with Crippen molar-refractivity contribution >= 4 is 40.5 Å². The largest absolute Gasteiger partial charge is 0.448 e. The van der Waals surface area contributed by atoms with E-state index in [1.54, 1.807) is 31.2 Å². The van der Waals surface area contributed by atoms with Crippen molar-refractivity contribution in [3.8, 4) is 0 Å². The van der Waals surface area contributed by atoms with Gasteiger partial charge in [-0.05, 0) is 68.5 Å². The van der Waals surface area contributed by atoms with Crippen LogP contribution in [0.4, 0.5) is 11.4 Å². The summed E-state index contributed by atoms with van der Waals surface area (Å²) in [6.45, 7) is 2.99. The van der Waals surface area contributed by atoms with Gasteiger partial charge in [0, 0.05) is 23.2 Å². The van der Waals surface area contributed by atoms with Crippen molar-refractivity contribution in [1.29, 1.82) is 0 Å². The van der Waals surface area contributed by atoms with Gasteiger partial charge in [-0.25, -0.2) is 4.79 Å². The summed E-state index contributed by atoms with van der Waals surface area (Å²) in [7, 11) is 0. The highest BCUT2D eigenvalue weighted by molar-refractivity contribution is 7.14. The van der Waals surface area contributed by atoms with Gasteiger partial charge in [0.05, 0.1) is 0 Å². The summed E-state index contributed by atoms with van der Waals surface area (Å²) in [6, 6.07) is 8.66. The van der Waals surface area contributed by atoms with Crippen molar-refractivity contribution in [1.82, 2.24) is 0 Å². The van der Waals surface area contributed by atoms with E-state index in [2.05, 4.69) is 10.6 Å². The maximum absolute atomic E-state index is 12.5. The number of benzene rings is 1. The zero-order valence-corrected chi connectivity index (χ0v) is 17.6. The Balaban J connectivity index is 1.57. The molecule has 0 fully saturated rings. The van der Waals surface area contributed by atoms with E-state index < -0.39 is 18.0 Å². The number of fused-ring (bicyclic) bond motifs is 1. The summed E-state index contributed by atoms with van der Waals surface area (Å²) in [5.74, 6) is -1.02. The lowest BCUT2D eigenvalue weighted by Gasteiger charge is -2.13. The molecule has 1 aromatic carbocycles. The van der Waals surface area contributed by atoms with Crippen LogP contribution in [0.2, 0.25) is 0 Å². The first-order chi connectivity index (χ1) is 13.9. The van der Waals surface area contributed by atoms with Crippen molar-refractivity contribution in [2.75, 3.05) is 10.6 Å². The Morgan fingerprint density at radius 3 is 2.24 bits per heavy atom. The lowest BCUT2D eigenvalue weighted by atomic mass is 10.00. The van der Waals surface area contributed by atoms with E-state index in [4.69, 9.17) is 4.74 Å². The highest BCUT2D eigenvalue weighted by Gasteiger charge is 2.22. The van der Waals surface area contributed by atoms with E-state index in [1.807, 2.05) is 6.07 Å². The summed E-state index contributed by atoms with van der Waals surface area (Å²) in [4.78, 5) is 37.8. The van der Waals surface area contributed by atoms with E-state index in [0.29, 0.717) is 16.3 Å². The number of ether oxygens (including phenoxy) is 1. The maximum atomic E-state index is 12.5. The Kier molecular flexibility index (Phi) is 7.04. The van der Waals surface area contributed by atoms with Gasteiger partial charge in [0.25, 0.3) is 5.91 Å². The van der Waals surface area contributed by atoms with E-state index >= 15 is 0 Å². The molecule has 0 aliphatic heterocycles. The number of carbonyl (C=O) groups is 3. The minimum absolute atomic E-state index is 0.163. The number of aryl methyl sites for hydroxylation is 2. The molecule has 1 atom stereocenters. The molecular formula is C22H26N2O4S. The monoisotopic (exact) mass is 414 g/mol. The Morgan fingerprint density at radius 1 is 0.966 bits per heavy atom. The van der Waals surface area contributed by atoms with E-state index in [1.165, 1.54) is 41.5 Å². The van der Waals surface area contributed by atoms with Crippen LogP contribution in [0.1, 0.15) is 59.6 Å². The van der Waals surface area contributed by atoms with Crippen LogP contribution in [0.15, 0.2) is 30.3 Å². The number of hydrogen-bond acceptors (Lipinski definition) is 5. The zero-order valence-electron chi connectivity index (χ0n) is 16.7. The first-order valence-corrected chi connectivity index (χ1v) is 10.7. The average molecular weight is 415 g/mol. The minimum Gasteiger partial charge on any atom is -0.448 e. The SMILES string of the molecule is CC(=O)Nc1ccc(NC(=O)[C@@H](C)OC(=O)c2cc3c(s2)CCCCCC3)cc1. The van der Waals surface area contributed by atoms with Crippen LogP contribution in [-0.2, 0) is 27.2 Å². The van der Waals surface area contributed by atoms with Crippen molar-refractivity contribution in [2.45, 2.75) is 58.5 Å². The molecule has 1 aliphatic rings. The Hall–Kier alpha value is -2.67. The number of anilines is 2. The van der Waals surface area contributed by atoms with Crippen LogP contribution in [0.5, 0.6) is 0 Å². The summed E-state index contributed by atoms with van der Waals surface area (Å²) < 4.78 is 5.39. The number of rotatable bonds is 5. The van der Waals surface area contributed by atoms with Gasteiger partial charge in [-0.1, -0.05) is 12.8 Å². The summed E-state index contributed by atoms with van der Waals surface area (Å²) in [5, 5.41) is 5.38. The van der Waals surface area contributed by atoms with E-state index in [0.717, 1.165) is 25.7 Å². The number of hydrogen-bond donors (Lipinski definition) is 2. The Bertz CT molecular complexity index is 863. The molecule has 29 heavy (non-hydrogen) atoms. The third kappa shape index (κ3) is 5.90. The standard InChI is InChI=1S/C22H26N2O4S/c1-14(21(26)24-18-11-9-17(10-12-18)23-15(2)25)28-22(27)20-13-16-7-5-3-4-6-8-19(16)29-20/h9-14H,3-8H2,1-2H3,(H,23,25)(H,24,26)/t14-/m1/s1. The third-order valence-electron chi connectivity index (χ3n) is 4.82. The molecule has 0 spiro atoms. The normalized spacial score (nSPS) is 14.7. The van der Waals surface area contributed by atoms with Crippen molar-refractivity contribution in [2.24, 2.45) is 0 Å². The summed E-state index contributed by atoms with van der Waals surface area (Å²) in [5.41, 5.74) is 2.45. The first-order valence-electron chi connectivity index (χ1n) is 9.93. The van der Waals surface area contributed by atoms with Gasteiger partial charge in [0.15, 0.2) is 6.10 Å². The molecule has 6 nitrogen and oxygen atoms in total. The molecular weight excluding hydrogens is 388 g/mol. The maximum Gasteiger partial charge on any atom is 0.349 e. The van der Waals surface area contributed by atoms with Gasteiger partial charge in [-0.2, -0.15) is 0 Å². The smallest absolute Gasteiger partial charge is 0.349 e. The van der Waals surface area contributed by atoms with Crippen molar-refractivity contribution in [3.05, 3.63) is 45.6 Å². The Labute approximate surface area is 174 Å². The fourth-order valence-corrected chi connectivity index (χ4v) is 4.44. The van der Waals surface area contributed by atoms with E-state index in [9.17, 15) is 14.4 Å². The zero-order chi connectivity index (χ0) is 20.8. The fraction of sp³-hybridized carbons (Fsp3) is 0.409. The predicted molar refractivity (Wildman–Crippen MR) is 114 cm³/mol. The topological polar surface area (TPSA) is 84.5 Å². The number of nitrogens with one attached hydrogen (secondary N) is 2. The van der Waals surface area contributed by atoms with Gasteiger partial charge in [-0.15, -0.1) is 11.3 Å². The van der Waals surface area contributed by atoms with Gasteiger partial charge in [0.1, 0.15) is 4.88 Å². The highest BCUT2D eigenvalue weighted by atomic mass is 32.1. The lowest BCUT2D eigenvalue weighted by Crippen LogP contribution is -2.29. The highest BCUT2D eigenvalue weighted by Crippen LogP contribution is 2.29. The molecule has 2 amide bonds. The molecule has 1 aromatic heterocycles. The van der Waals surface area contributed by atoms with Crippen LogP contribution in [0.3, 0.4) is 0 Å². The van der Waals surface area contributed by atoms with E-state index in [-0.39, 0.29) is 5.91 Å². The molecule has 0 radical (unpaired) electrons. The first kappa shape index (κ1) is 21.0. The number of amides is 2. The van der Waals surface area contributed by atoms with Gasteiger partial charge in [-0.3, -0.25) is 9.59 Å². The molecule has 2 N–H and O–H groups in total. The molecule has 0 bridgehead atoms. The van der Waals surface area contributed by atoms with Crippen LogP contribution < -0.4 is 10.6 Å². The van der Waals surface area contributed by atoms with Gasteiger partial charge in [0.2, 0.25) is 5.91 Å². The second-order valence-corrected chi connectivity index (χ2v) is 8.41. The third-order valence-corrected chi connectivity index (χ3v) is 6.04. The molecule has 2 aromatic rings. The minimum atomic E-state index is -0.915. The Morgan fingerprint density at radius 2 is 1.59 bits per heavy atom.